The van der Waals surface area contributed by atoms with Gasteiger partial charge in [0.05, 0.1) is 23.4 Å². The molecule has 1 amide bonds. The first kappa shape index (κ1) is 12.9. The molecule has 1 heterocycles. The summed E-state index contributed by atoms with van der Waals surface area (Å²) in [4.78, 5) is 14.3. The average molecular weight is 248 g/mol. The zero-order chi connectivity index (χ0) is 13.1. The molecule has 18 heavy (non-hydrogen) atoms. The number of nitrogens with zero attached hydrogens (tertiary/aromatic N) is 1. The van der Waals surface area contributed by atoms with E-state index < -0.39 is 0 Å². The van der Waals surface area contributed by atoms with Crippen molar-refractivity contribution in [1.29, 1.82) is 0 Å². The van der Waals surface area contributed by atoms with E-state index in [1.54, 1.807) is 4.90 Å². The van der Waals surface area contributed by atoms with Gasteiger partial charge in [-0.25, -0.2) is 0 Å². The van der Waals surface area contributed by atoms with Crippen molar-refractivity contribution in [2.45, 2.75) is 26.4 Å². The van der Waals surface area contributed by atoms with Gasteiger partial charge in [0.15, 0.2) is 0 Å². The summed E-state index contributed by atoms with van der Waals surface area (Å²) in [6.07, 6.45) is 0.792. The normalized spacial score (nSPS) is 23.0. The standard InChI is InChI=1S/C14H20N2O2/c1-3-16(13-7-5-4-6-12(13)15)14(17)11-8-9-18-10(11)2/h4-7,10-11H,3,8-9,15H2,1-2H3. The highest BCUT2D eigenvalue weighted by atomic mass is 16.5. The summed E-state index contributed by atoms with van der Waals surface area (Å²) < 4.78 is 5.47. The molecule has 0 aliphatic carbocycles. The number of para-hydroxylation sites is 2. The molecule has 4 heteroatoms. The summed E-state index contributed by atoms with van der Waals surface area (Å²) in [5, 5.41) is 0. The van der Waals surface area contributed by atoms with E-state index in [0.717, 1.165) is 12.1 Å². The van der Waals surface area contributed by atoms with Gasteiger partial charge in [-0.2, -0.15) is 0 Å². The summed E-state index contributed by atoms with van der Waals surface area (Å²) in [5.74, 6) is 0.0601. The van der Waals surface area contributed by atoms with Gasteiger partial charge in [-0.05, 0) is 32.4 Å². The van der Waals surface area contributed by atoms with Gasteiger partial charge in [-0.1, -0.05) is 12.1 Å². The smallest absolute Gasteiger partial charge is 0.232 e. The fraction of sp³-hybridized carbons (Fsp3) is 0.500. The van der Waals surface area contributed by atoms with Gasteiger partial charge in [0.2, 0.25) is 5.91 Å². The van der Waals surface area contributed by atoms with Crippen molar-refractivity contribution in [1.82, 2.24) is 0 Å². The van der Waals surface area contributed by atoms with Crippen LogP contribution >= 0.6 is 0 Å². The molecule has 0 spiro atoms. The van der Waals surface area contributed by atoms with E-state index in [9.17, 15) is 4.79 Å². The molecule has 0 saturated carbocycles. The Hall–Kier alpha value is -1.55. The Balaban J connectivity index is 2.23. The maximum Gasteiger partial charge on any atom is 0.232 e. The summed E-state index contributed by atoms with van der Waals surface area (Å²) in [6, 6.07) is 7.48. The zero-order valence-electron chi connectivity index (χ0n) is 10.9. The molecule has 1 aromatic rings. The molecule has 2 atom stereocenters. The molecule has 0 aromatic heterocycles. The maximum absolute atomic E-state index is 12.5. The Kier molecular flexibility index (Phi) is 3.87. The van der Waals surface area contributed by atoms with Crippen molar-refractivity contribution in [3.63, 3.8) is 0 Å². The van der Waals surface area contributed by atoms with Gasteiger partial charge in [-0.15, -0.1) is 0 Å². The molecular formula is C14H20N2O2. The Morgan fingerprint density at radius 3 is 2.78 bits per heavy atom. The van der Waals surface area contributed by atoms with Crippen molar-refractivity contribution in [2.24, 2.45) is 5.92 Å². The minimum Gasteiger partial charge on any atom is -0.397 e. The summed E-state index contributed by atoms with van der Waals surface area (Å²) in [7, 11) is 0. The SMILES string of the molecule is CCN(C(=O)C1CCOC1C)c1ccccc1N. The maximum atomic E-state index is 12.5. The molecule has 98 valence electrons. The minimum atomic E-state index is -0.0513. The van der Waals surface area contributed by atoms with Crippen LogP contribution in [0.4, 0.5) is 11.4 Å². The van der Waals surface area contributed by atoms with Gasteiger partial charge in [0.25, 0.3) is 0 Å². The molecule has 0 radical (unpaired) electrons. The number of carbonyl (C=O) groups is 1. The third kappa shape index (κ3) is 2.34. The van der Waals surface area contributed by atoms with Crippen LogP contribution in [0.5, 0.6) is 0 Å². The second kappa shape index (κ2) is 5.40. The summed E-state index contributed by atoms with van der Waals surface area (Å²) >= 11 is 0. The fourth-order valence-corrected chi connectivity index (χ4v) is 2.43. The van der Waals surface area contributed by atoms with Crippen LogP contribution in [0.25, 0.3) is 0 Å². The van der Waals surface area contributed by atoms with E-state index in [1.165, 1.54) is 0 Å². The number of benzene rings is 1. The number of ether oxygens (including phenoxy) is 1. The predicted octanol–water partition coefficient (Wildman–Crippen LogP) is 2.05. The van der Waals surface area contributed by atoms with E-state index in [2.05, 4.69) is 0 Å². The lowest BCUT2D eigenvalue weighted by Gasteiger charge is -2.26. The third-order valence-electron chi connectivity index (χ3n) is 3.50. The van der Waals surface area contributed by atoms with Crippen molar-refractivity contribution >= 4 is 17.3 Å². The van der Waals surface area contributed by atoms with Crippen molar-refractivity contribution in [3.8, 4) is 0 Å². The van der Waals surface area contributed by atoms with E-state index >= 15 is 0 Å². The van der Waals surface area contributed by atoms with Gasteiger partial charge in [-0.3, -0.25) is 4.79 Å². The number of hydrogen-bond acceptors (Lipinski definition) is 3. The number of amides is 1. The van der Waals surface area contributed by atoms with Crippen molar-refractivity contribution in [3.05, 3.63) is 24.3 Å². The number of rotatable bonds is 3. The van der Waals surface area contributed by atoms with E-state index in [4.69, 9.17) is 10.5 Å². The zero-order valence-corrected chi connectivity index (χ0v) is 10.9. The first-order valence-electron chi connectivity index (χ1n) is 6.42. The number of carbonyl (C=O) groups excluding carboxylic acids is 1. The molecule has 2 rings (SSSR count). The molecule has 1 aliphatic rings. The number of nitrogen functional groups attached to an aromatic ring is 1. The predicted molar refractivity (Wildman–Crippen MR) is 72.4 cm³/mol. The van der Waals surface area contributed by atoms with Crippen LogP contribution in [-0.2, 0) is 9.53 Å². The molecule has 1 fully saturated rings. The highest BCUT2D eigenvalue weighted by molar-refractivity contribution is 5.98. The summed E-state index contributed by atoms with van der Waals surface area (Å²) in [5.41, 5.74) is 7.38. The molecule has 1 aromatic carbocycles. The molecule has 4 nitrogen and oxygen atoms in total. The lowest BCUT2D eigenvalue weighted by molar-refractivity contribution is -0.123. The highest BCUT2D eigenvalue weighted by Gasteiger charge is 2.34. The number of nitrogens with two attached hydrogens (primary N) is 1. The largest absolute Gasteiger partial charge is 0.397 e. The Bertz CT molecular complexity index is 434. The van der Waals surface area contributed by atoms with Crippen LogP contribution in [-0.4, -0.2) is 25.2 Å². The first-order valence-corrected chi connectivity index (χ1v) is 6.42. The molecule has 0 bridgehead atoms. The Morgan fingerprint density at radius 1 is 1.50 bits per heavy atom. The van der Waals surface area contributed by atoms with E-state index in [0.29, 0.717) is 18.8 Å². The molecule has 1 saturated heterocycles. The van der Waals surface area contributed by atoms with Gasteiger partial charge in [0, 0.05) is 13.2 Å². The Labute approximate surface area is 108 Å². The first-order chi connectivity index (χ1) is 8.65. The van der Waals surface area contributed by atoms with E-state index in [-0.39, 0.29) is 17.9 Å². The Morgan fingerprint density at radius 2 is 2.22 bits per heavy atom. The molecular weight excluding hydrogens is 228 g/mol. The monoisotopic (exact) mass is 248 g/mol. The number of hydrogen-bond donors (Lipinski definition) is 1. The van der Waals surface area contributed by atoms with Gasteiger partial charge >= 0.3 is 0 Å². The van der Waals surface area contributed by atoms with Crippen molar-refractivity contribution < 1.29 is 9.53 Å². The van der Waals surface area contributed by atoms with Crippen molar-refractivity contribution in [2.75, 3.05) is 23.8 Å². The van der Waals surface area contributed by atoms with Crippen LogP contribution < -0.4 is 10.6 Å². The van der Waals surface area contributed by atoms with Crippen LogP contribution in [0.15, 0.2) is 24.3 Å². The highest BCUT2D eigenvalue weighted by Crippen LogP contribution is 2.28. The molecule has 2 unspecified atom stereocenters. The second-order valence-electron chi connectivity index (χ2n) is 4.61. The van der Waals surface area contributed by atoms with Gasteiger partial charge < -0.3 is 15.4 Å². The van der Waals surface area contributed by atoms with E-state index in [1.807, 2.05) is 38.1 Å². The van der Waals surface area contributed by atoms with Crippen LogP contribution in [0.1, 0.15) is 20.3 Å². The van der Waals surface area contributed by atoms with Crippen LogP contribution in [0.2, 0.25) is 0 Å². The van der Waals surface area contributed by atoms with Crippen LogP contribution in [0, 0.1) is 5.92 Å². The number of anilines is 2. The lowest BCUT2D eigenvalue weighted by Crippen LogP contribution is -2.39. The fourth-order valence-electron chi connectivity index (χ4n) is 2.43. The average Bonchev–Trinajstić information content (AvgIpc) is 2.78. The third-order valence-corrected chi connectivity index (χ3v) is 3.50. The van der Waals surface area contributed by atoms with Crippen LogP contribution in [0.3, 0.4) is 0 Å². The minimum absolute atomic E-state index is 0.00325. The quantitative estimate of drug-likeness (QED) is 0.833. The second-order valence-corrected chi connectivity index (χ2v) is 4.61. The summed E-state index contributed by atoms with van der Waals surface area (Å²) in [6.45, 7) is 5.21. The topological polar surface area (TPSA) is 55.6 Å². The molecule has 2 N–H and O–H groups in total. The van der Waals surface area contributed by atoms with Gasteiger partial charge in [0.1, 0.15) is 0 Å². The molecule has 1 aliphatic heterocycles. The lowest BCUT2D eigenvalue weighted by atomic mass is 10.0.